The Balaban J connectivity index is 2.22. The van der Waals surface area contributed by atoms with Crippen LogP contribution in [0.3, 0.4) is 0 Å². The van der Waals surface area contributed by atoms with Crippen molar-refractivity contribution in [2.45, 2.75) is 18.4 Å². The molecule has 0 aliphatic carbocycles. The Morgan fingerprint density at radius 2 is 2.00 bits per heavy atom. The maximum atomic E-state index is 11.9. The monoisotopic (exact) mass is 276 g/mol. The maximum Gasteiger partial charge on any atom is 0.181 e. The van der Waals surface area contributed by atoms with Crippen LogP contribution >= 0.6 is 0 Å². The SMILES string of the molecule is CCS(=O)(=O)c1c[c]ncc1OCc1ccccc1. The molecule has 0 spiro atoms. The van der Waals surface area contributed by atoms with Crippen LogP contribution in [0.25, 0.3) is 0 Å². The van der Waals surface area contributed by atoms with Crippen molar-refractivity contribution < 1.29 is 13.2 Å². The van der Waals surface area contributed by atoms with Crippen molar-refractivity contribution in [3.63, 3.8) is 0 Å². The maximum absolute atomic E-state index is 11.9. The average Bonchev–Trinajstić information content (AvgIpc) is 2.46. The van der Waals surface area contributed by atoms with Gasteiger partial charge in [0.25, 0.3) is 0 Å². The molecule has 0 atom stereocenters. The first kappa shape index (κ1) is 13.5. The van der Waals surface area contributed by atoms with E-state index in [-0.39, 0.29) is 16.4 Å². The number of aromatic nitrogens is 1. The van der Waals surface area contributed by atoms with E-state index in [9.17, 15) is 8.42 Å². The quantitative estimate of drug-likeness (QED) is 0.840. The van der Waals surface area contributed by atoms with E-state index in [1.165, 1.54) is 12.3 Å². The fraction of sp³-hybridized carbons (Fsp3) is 0.214. The number of nitrogens with zero attached hydrogens (tertiary/aromatic N) is 1. The highest BCUT2D eigenvalue weighted by Crippen LogP contribution is 2.23. The van der Waals surface area contributed by atoms with E-state index < -0.39 is 9.84 Å². The summed E-state index contributed by atoms with van der Waals surface area (Å²) in [5, 5.41) is 0. The lowest BCUT2D eigenvalue weighted by molar-refractivity contribution is 0.296. The minimum atomic E-state index is -3.33. The van der Waals surface area contributed by atoms with Gasteiger partial charge in [-0.15, -0.1) is 0 Å². The molecule has 0 saturated heterocycles. The van der Waals surface area contributed by atoms with Crippen LogP contribution in [-0.4, -0.2) is 19.2 Å². The zero-order chi connectivity index (χ0) is 13.7. The first-order valence-corrected chi connectivity index (χ1v) is 7.54. The molecule has 0 bridgehead atoms. The van der Waals surface area contributed by atoms with Crippen LogP contribution in [-0.2, 0) is 16.4 Å². The molecule has 4 nitrogen and oxygen atoms in total. The Morgan fingerprint density at radius 3 is 2.68 bits per heavy atom. The van der Waals surface area contributed by atoms with E-state index in [0.717, 1.165) is 5.56 Å². The number of ether oxygens (including phenoxy) is 1. The molecule has 1 radical (unpaired) electrons. The highest BCUT2D eigenvalue weighted by atomic mass is 32.2. The van der Waals surface area contributed by atoms with Crippen molar-refractivity contribution >= 4 is 9.84 Å². The summed E-state index contributed by atoms with van der Waals surface area (Å²) in [6, 6.07) is 10.9. The molecular weight excluding hydrogens is 262 g/mol. The van der Waals surface area contributed by atoms with Gasteiger partial charge in [0.1, 0.15) is 11.5 Å². The van der Waals surface area contributed by atoms with Gasteiger partial charge in [0.2, 0.25) is 0 Å². The average molecular weight is 276 g/mol. The van der Waals surface area contributed by atoms with Crippen molar-refractivity contribution in [2.24, 2.45) is 0 Å². The lowest BCUT2D eigenvalue weighted by Gasteiger charge is -2.10. The lowest BCUT2D eigenvalue weighted by Crippen LogP contribution is -2.07. The molecule has 0 unspecified atom stereocenters. The molecule has 99 valence electrons. The second-order valence-electron chi connectivity index (χ2n) is 3.94. The summed E-state index contributed by atoms with van der Waals surface area (Å²) in [7, 11) is -3.33. The third kappa shape index (κ3) is 3.32. The zero-order valence-corrected chi connectivity index (χ0v) is 11.4. The van der Waals surface area contributed by atoms with Crippen molar-refractivity contribution in [1.29, 1.82) is 0 Å². The lowest BCUT2D eigenvalue weighted by atomic mass is 10.2. The summed E-state index contributed by atoms with van der Waals surface area (Å²) in [6.45, 7) is 1.90. The van der Waals surface area contributed by atoms with Gasteiger partial charge in [-0.05, 0) is 11.6 Å². The molecule has 0 saturated carbocycles. The van der Waals surface area contributed by atoms with Crippen LogP contribution in [0.2, 0.25) is 0 Å². The van der Waals surface area contributed by atoms with Crippen LogP contribution < -0.4 is 4.74 Å². The van der Waals surface area contributed by atoms with Gasteiger partial charge in [-0.2, -0.15) is 0 Å². The molecule has 0 N–H and O–H groups in total. The summed E-state index contributed by atoms with van der Waals surface area (Å²) in [6.07, 6.45) is 3.91. The third-order valence-corrected chi connectivity index (χ3v) is 4.40. The van der Waals surface area contributed by atoms with Crippen molar-refractivity contribution in [2.75, 3.05) is 5.75 Å². The summed E-state index contributed by atoms with van der Waals surface area (Å²) in [5.41, 5.74) is 0.968. The molecule has 19 heavy (non-hydrogen) atoms. The fourth-order valence-electron chi connectivity index (χ4n) is 1.57. The number of hydrogen-bond acceptors (Lipinski definition) is 4. The minimum Gasteiger partial charge on any atom is -0.486 e. The van der Waals surface area contributed by atoms with E-state index in [4.69, 9.17) is 4.74 Å². The van der Waals surface area contributed by atoms with Crippen LogP contribution in [0, 0.1) is 6.20 Å². The molecule has 0 fully saturated rings. The molecule has 0 amide bonds. The number of sulfone groups is 1. The molecule has 0 aliphatic rings. The van der Waals surface area contributed by atoms with E-state index in [1.807, 2.05) is 30.3 Å². The van der Waals surface area contributed by atoms with Crippen molar-refractivity contribution in [3.05, 3.63) is 54.4 Å². The van der Waals surface area contributed by atoms with Gasteiger partial charge in [-0.1, -0.05) is 37.3 Å². The van der Waals surface area contributed by atoms with Gasteiger partial charge in [0.15, 0.2) is 15.6 Å². The Labute approximate surface area is 113 Å². The standard InChI is InChI=1S/C14H14NO3S/c1-2-19(16,17)14-8-9-15-10-13(14)18-11-12-6-4-3-5-7-12/h3-8,10H,2,11H2,1H3. The van der Waals surface area contributed by atoms with Crippen LogP contribution in [0.4, 0.5) is 0 Å². The van der Waals surface area contributed by atoms with Crippen molar-refractivity contribution in [1.82, 2.24) is 4.98 Å². The topological polar surface area (TPSA) is 56.3 Å². The van der Waals surface area contributed by atoms with E-state index in [2.05, 4.69) is 11.2 Å². The molecule has 2 rings (SSSR count). The van der Waals surface area contributed by atoms with Gasteiger partial charge >= 0.3 is 0 Å². The van der Waals surface area contributed by atoms with Crippen LogP contribution in [0.15, 0.2) is 47.5 Å². The molecule has 0 aliphatic heterocycles. The molecule has 1 aromatic heterocycles. The predicted molar refractivity (Wildman–Crippen MR) is 71.6 cm³/mol. The van der Waals surface area contributed by atoms with Crippen LogP contribution in [0.1, 0.15) is 12.5 Å². The predicted octanol–water partition coefficient (Wildman–Crippen LogP) is 2.25. The molecule has 1 aromatic carbocycles. The van der Waals surface area contributed by atoms with Crippen LogP contribution in [0.5, 0.6) is 5.75 Å². The smallest absolute Gasteiger partial charge is 0.181 e. The summed E-state index contributed by atoms with van der Waals surface area (Å²) >= 11 is 0. The fourth-order valence-corrected chi connectivity index (χ4v) is 2.53. The molecule has 2 aromatic rings. The first-order valence-electron chi connectivity index (χ1n) is 5.89. The second kappa shape index (κ2) is 5.84. The highest BCUT2D eigenvalue weighted by Gasteiger charge is 2.17. The molecular formula is C14H14NO3S. The Bertz CT molecular complexity index is 639. The van der Waals surface area contributed by atoms with E-state index in [1.54, 1.807) is 6.92 Å². The van der Waals surface area contributed by atoms with Crippen molar-refractivity contribution in [3.8, 4) is 5.75 Å². The Hall–Kier alpha value is -1.88. The van der Waals surface area contributed by atoms with Gasteiger partial charge < -0.3 is 4.74 Å². The van der Waals surface area contributed by atoms with Gasteiger partial charge in [-0.25, -0.2) is 8.42 Å². The van der Waals surface area contributed by atoms with E-state index >= 15 is 0 Å². The summed E-state index contributed by atoms with van der Waals surface area (Å²) in [5.74, 6) is 0.288. The van der Waals surface area contributed by atoms with Gasteiger partial charge in [0, 0.05) is 0 Å². The third-order valence-electron chi connectivity index (χ3n) is 2.65. The summed E-state index contributed by atoms with van der Waals surface area (Å²) < 4.78 is 29.4. The number of hydrogen-bond donors (Lipinski definition) is 0. The molecule has 1 heterocycles. The highest BCUT2D eigenvalue weighted by molar-refractivity contribution is 7.91. The number of pyridine rings is 1. The number of rotatable bonds is 5. The molecule has 5 heteroatoms. The largest absolute Gasteiger partial charge is 0.486 e. The minimum absolute atomic E-state index is 0.0204. The zero-order valence-electron chi connectivity index (χ0n) is 10.5. The normalized spacial score (nSPS) is 11.2. The van der Waals surface area contributed by atoms with Gasteiger partial charge in [-0.3, -0.25) is 4.98 Å². The first-order chi connectivity index (χ1) is 9.13. The Kier molecular flexibility index (Phi) is 4.16. The second-order valence-corrected chi connectivity index (χ2v) is 6.18. The van der Waals surface area contributed by atoms with E-state index in [0.29, 0.717) is 6.61 Å². The number of benzene rings is 1. The summed E-state index contributed by atoms with van der Waals surface area (Å²) in [4.78, 5) is 3.93. The van der Waals surface area contributed by atoms with Gasteiger partial charge in [0.05, 0.1) is 18.1 Å². The Morgan fingerprint density at radius 1 is 1.26 bits per heavy atom.